The zero-order valence-electron chi connectivity index (χ0n) is 14.8. The van der Waals surface area contributed by atoms with Gasteiger partial charge < -0.3 is 19.8 Å². The summed E-state index contributed by atoms with van der Waals surface area (Å²) in [6.07, 6.45) is 0.244. The van der Waals surface area contributed by atoms with E-state index < -0.39 is 5.97 Å². The van der Waals surface area contributed by atoms with Crippen molar-refractivity contribution in [2.45, 2.75) is 13.3 Å². The molecular formula is C19H17N5O3. The number of aromatic nitrogens is 4. The van der Waals surface area contributed by atoms with E-state index in [4.69, 9.17) is 9.52 Å². The lowest BCUT2D eigenvalue weighted by Gasteiger charge is -2.02. The SMILES string of the molecule is C=C(Cc1cccc(-c2nc3c(nc(NC)c4[nH]c(C)nc43)o2)c1)C(=O)O. The second-order valence-electron chi connectivity index (χ2n) is 6.21. The molecule has 0 amide bonds. The van der Waals surface area contributed by atoms with Crippen LogP contribution in [-0.4, -0.2) is 38.1 Å². The second-order valence-corrected chi connectivity index (χ2v) is 6.21. The number of nitrogens with zero attached hydrogens (tertiary/aromatic N) is 3. The maximum absolute atomic E-state index is 11.0. The first-order valence-electron chi connectivity index (χ1n) is 8.31. The Morgan fingerprint density at radius 3 is 2.85 bits per heavy atom. The first-order chi connectivity index (χ1) is 13.0. The summed E-state index contributed by atoms with van der Waals surface area (Å²) < 4.78 is 5.87. The van der Waals surface area contributed by atoms with Crippen molar-refractivity contribution in [3.05, 3.63) is 47.8 Å². The number of aliphatic carboxylic acids is 1. The van der Waals surface area contributed by atoms with Crippen LogP contribution in [0, 0.1) is 6.92 Å². The normalized spacial score (nSPS) is 11.2. The Labute approximate surface area is 154 Å². The Hall–Kier alpha value is -3.68. The minimum absolute atomic E-state index is 0.124. The van der Waals surface area contributed by atoms with Crippen LogP contribution in [0.1, 0.15) is 11.4 Å². The van der Waals surface area contributed by atoms with Crippen LogP contribution in [0.25, 0.3) is 33.7 Å². The van der Waals surface area contributed by atoms with E-state index in [9.17, 15) is 4.79 Å². The van der Waals surface area contributed by atoms with Gasteiger partial charge in [0.1, 0.15) is 16.9 Å². The molecule has 0 bridgehead atoms. The highest BCUT2D eigenvalue weighted by molar-refractivity contribution is 6.03. The number of carbonyl (C=O) groups is 1. The molecule has 0 unspecified atom stereocenters. The lowest BCUT2D eigenvalue weighted by atomic mass is 10.0. The second kappa shape index (κ2) is 6.24. The minimum atomic E-state index is -1.01. The third kappa shape index (κ3) is 2.91. The van der Waals surface area contributed by atoms with E-state index in [0.717, 1.165) is 22.5 Å². The maximum Gasteiger partial charge on any atom is 0.331 e. The number of H-pyrrole nitrogens is 1. The molecule has 3 aromatic heterocycles. The highest BCUT2D eigenvalue weighted by atomic mass is 16.4. The fourth-order valence-corrected chi connectivity index (χ4v) is 2.97. The Kier molecular flexibility index (Phi) is 3.88. The van der Waals surface area contributed by atoms with Gasteiger partial charge in [-0.25, -0.2) is 14.8 Å². The van der Waals surface area contributed by atoms with Crippen molar-refractivity contribution >= 4 is 34.1 Å². The van der Waals surface area contributed by atoms with Gasteiger partial charge in [-0.3, -0.25) is 0 Å². The number of fused-ring (bicyclic) bond motifs is 3. The Morgan fingerprint density at radius 2 is 2.11 bits per heavy atom. The van der Waals surface area contributed by atoms with Gasteiger partial charge in [0.2, 0.25) is 5.89 Å². The summed E-state index contributed by atoms with van der Waals surface area (Å²) >= 11 is 0. The van der Waals surface area contributed by atoms with Crippen molar-refractivity contribution < 1.29 is 14.3 Å². The first kappa shape index (κ1) is 16.8. The molecule has 0 aliphatic heterocycles. The topological polar surface area (TPSA) is 117 Å². The number of imidazole rings is 1. The van der Waals surface area contributed by atoms with Crippen molar-refractivity contribution in [1.29, 1.82) is 0 Å². The zero-order chi connectivity index (χ0) is 19.1. The highest BCUT2D eigenvalue weighted by Crippen LogP contribution is 2.31. The molecule has 0 radical (unpaired) electrons. The summed E-state index contributed by atoms with van der Waals surface area (Å²) in [5.74, 6) is 0.777. The van der Waals surface area contributed by atoms with Crippen molar-refractivity contribution in [2.24, 2.45) is 0 Å². The number of pyridine rings is 1. The van der Waals surface area contributed by atoms with Gasteiger partial charge in [0, 0.05) is 24.6 Å². The summed E-state index contributed by atoms with van der Waals surface area (Å²) in [6, 6.07) is 7.36. The van der Waals surface area contributed by atoms with Crippen LogP contribution < -0.4 is 5.32 Å². The molecule has 3 heterocycles. The van der Waals surface area contributed by atoms with E-state index in [2.05, 4.69) is 31.8 Å². The quantitative estimate of drug-likeness (QED) is 0.466. The van der Waals surface area contributed by atoms with Gasteiger partial charge >= 0.3 is 5.97 Å². The van der Waals surface area contributed by atoms with Gasteiger partial charge in [-0.2, -0.15) is 4.98 Å². The third-order valence-electron chi connectivity index (χ3n) is 4.24. The summed E-state index contributed by atoms with van der Waals surface area (Å²) in [5, 5.41) is 12.1. The molecule has 0 saturated heterocycles. The average Bonchev–Trinajstić information content (AvgIpc) is 3.23. The Balaban J connectivity index is 1.82. The largest absolute Gasteiger partial charge is 0.478 e. The van der Waals surface area contributed by atoms with Crippen LogP contribution in [0.5, 0.6) is 0 Å². The molecule has 4 aromatic rings. The summed E-state index contributed by atoms with van der Waals surface area (Å²) in [7, 11) is 1.78. The molecule has 0 atom stereocenters. The number of rotatable bonds is 5. The monoisotopic (exact) mass is 363 g/mol. The van der Waals surface area contributed by atoms with Gasteiger partial charge in [0.25, 0.3) is 5.71 Å². The number of anilines is 1. The lowest BCUT2D eigenvalue weighted by Crippen LogP contribution is -2.02. The van der Waals surface area contributed by atoms with E-state index in [1.165, 1.54) is 0 Å². The van der Waals surface area contributed by atoms with Crippen LogP contribution in [-0.2, 0) is 11.2 Å². The van der Waals surface area contributed by atoms with Crippen LogP contribution in [0.3, 0.4) is 0 Å². The van der Waals surface area contributed by atoms with Crippen LogP contribution in [0.2, 0.25) is 0 Å². The van der Waals surface area contributed by atoms with E-state index in [0.29, 0.717) is 28.5 Å². The van der Waals surface area contributed by atoms with Crippen LogP contribution in [0.15, 0.2) is 40.8 Å². The smallest absolute Gasteiger partial charge is 0.331 e. The van der Waals surface area contributed by atoms with E-state index in [1.54, 1.807) is 7.05 Å². The van der Waals surface area contributed by atoms with E-state index >= 15 is 0 Å². The van der Waals surface area contributed by atoms with Crippen molar-refractivity contribution in [3.63, 3.8) is 0 Å². The Morgan fingerprint density at radius 1 is 1.30 bits per heavy atom. The van der Waals surface area contributed by atoms with Crippen molar-refractivity contribution in [3.8, 4) is 11.5 Å². The summed E-state index contributed by atoms with van der Waals surface area (Å²) in [4.78, 5) is 27.7. The number of nitrogens with one attached hydrogen (secondary N) is 2. The van der Waals surface area contributed by atoms with Gasteiger partial charge in [-0.15, -0.1) is 0 Å². The van der Waals surface area contributed by atoms with Crippen molar-refractivity contribution in [2.75, 3.05) is 12.4 Å². The molecule has 0 aliphatic rings. The molecule has 27 heavy (non-hydrogen) atoms. The van der Waals surface area contributed by atoms with Gasteiger partial charge in [-0.05, 0) is 24.6 Å². The number of carboxylic acids is 1. The third-order valence-corrected chi connectivity index (χ3v) is 4.24. The molecule has 8 heteroatoms. The maximum atomic E-state index is 11.0. The van der Waals surface area contributed by atoms with Crippen molar-refractivity contribution in [1.82, 2.24) is 19.9 Å². The number of benzene rings is 1. The van der Waals surface area contributed by atoms with Crippen LogP contribution in [0.4, 0.5) is 5.82 Å². The molecule has 0 aliphatic carbocycles. The van der Waals surface area contributed by atoms with Gasteiger partial charge in [0.05, 0.1) is 0 Å². The predicted octanol–water partition coefficient (Wildman–Crippen LogP) is 3.30. The Bertz CT molecular complexity index is 1200. The fourth-order valence-electron chi connectivity index (χ4n) is 2.97. The molecule has 0 saturated carbocycles. The number of carboxylic acid groups (broad SMARTS) is 1. The minimum Gasteiger partial charge on any atom is -0.478 e. The fraction of sp³-hybridized carbons (Fsp3) is 0.158. The summed E-state index contributed by atoms with van der Waals surface area (Å²) in [6.45, 7) is 5.44. The molecule has 3 N–H and O–H groups in total. The van der Waals surface area contributed by atoms with E-state index in [1.807, 2.05) is 31.2 Å². The highest BCUT2D eigenvalue weighted by Gasteiger charge is 2.18. The number of aryl methyl sites for hydroxylation is 1. The summed E-state index contributed by atoms with van der Waals surface area (Å²) in [5.41, 5.74) is 4.08. The molecule has 0 fully saturated rings. The standard InChI is InChI=1S/C19H17N5O3/c1-9(19(25)26)7-11-5-4-6-12(8-11)17-23-15-13-14(22-10(2)21-13)16(20-3)24-18(15)27-17/h4-6,8H,1,7H2,2-3H3,(H,20,24)(H,21,22)(H,25,26). The average molecular weight is 363 g/mol. The molecule has 1 aromatic carbocycles. The lowest BCUT2D eigenvalue weighted by molar-refractivity contribution is -0.132. The van der Waals surface area contributed by atoms with Gasteiger partial charge in [-0.1, -0.05) is 18.7 Å². The molecule has 136 valence electrons. The number of oxazole rings is 1. The molecule has 0 spiro atoms. The molecule has 8 nitrogen and oxygen atoms in total. The number of hydrogen-bond acceptors (Lipinski definition) is 6. The van der Waals surface area contributed by atoms with E-state index in [-0.39, 0.29) is 12.0 Å². The molecular weight excluding hydrogens is 346 g/mol. The molecule has 4 rings (SSSR count). The van der Waals surface area contributed by atoms with Crippen LogP contribution >= 0.6 is 0 Å². The first-order valence-corrected chi connectivity index (χ1v) is 8.31. The number of aromatic amines is 1. The predicted molar refractivity (Wildman–Crippen MR) is 102 cm³/mol. The number of hydrogen-bond donors (Lipinski definition) is 3. The zero-order valence-corrected chi connectivity index (χ0v) is 14.8. The van der Waals surface area contributed by atoms with Gasteiger partial charge in [0.15, 0.2) is 11.3 Å².